The Morgan fingerprint density at radius 1 is 0.839 bits per heavy atom. The average Bonchev–Trinajstić information content (AvgIpc) is 3.06. The van der Waals surface area contributed by atoms with Crippen molar-refractivity contribution >= 4 is 23.6 Å². The van der Waals surface area contributed by atoms with E-state index in [2.05, 4.69) is 0 Å². The second-order valence-electron chi connectivity index (χ2n) is 8.10. The van der Waals surface area contributed by atoms with E-state index in [-0.39, 0.29) is 49.0 Å². The van der Waals surface area contributed by atoms with Gasteiger partial charge >= 0.3 is 5.97 Å². The fraction of sp³-hybridized carbons (Fsp3) is 0.360. The number of benzene rings is 2. The number of carbonyl (C=O) groups is 4. The first-order valence-corrected chi connectivity index (χ1v) is 10.7. The molecule has 160 valence electrons. The topological polar surface area (TPSA) is 80.8 Å². The lowest BCUT2D eigenvalue weighted by molar-refractivity contribution is -0.145. The quantitative estimate of drug-likeness (QED) is 0.389. The number of hydrogen-bond donors (Lipinski definition) is 0. The molecule has 6 heteroatoms. The van der Waals surface area contributed by atoms with Gasteiger partial charge in [-0.25, -0.2) is 0 Å². The first-order valence-electron chi connectivity index (χ1n) is 10.7. The van der Waals surface area contributed by atoms with Gasteiger partial charge in [0.15, 0.2) is 12.4 Å². The molecule has 2 aliphatic rings. The van der Waals surface area contributed by atoms with Gasteiger partial charge in [-0.1, -0.05) is 67.4 Å². The van der Waals surface area contributed by atoms with Crippen LogP contribution < -0.4 is 0 Å². The predicted molar refractivity (Wildman–Crippen MR) is 114 cm³/mol. The molecule has 0 spiro atoms. The van der Waals surface area contributed by atoms with E-state index in [0.717, 1.165) is 36.8 Å². The summed E-state index contributed by atoms with van der Waals surface area (Å²) in [4.78, 5) is 50.5. The maximum Gasteiger partial charge on any atom is 0.308 e. The molecule has 1 aliphatic carbocycles. The minimum Gasteiger partial charge on any atom is -0.457 e. The monoisotopic (exact) mass is 419 g/mol. The van der Waals surface area contributed by atoms with Crippen molar-refractivity contribution in [3.63, 3.8) is 0 Å². The molecule has 1 saturated heterocycles. The van der Waals surface area contributed by atoms with Crippen molar-refractivity contribution in [2.45, 2.75) is 32.1 Å². The standard InChI is InChI=1S/C25H25NO5/c27-22(19-12-10-18(11-13-19)17-6-2-1-3-7-17)16-31-23(28)14-15-26-24(29)20-8-4-5-9-21(20)25(26)30/h1-3,6-7,10-13,20-21H,4-5,8-9,14-16H2/t20-,21-/m0/s1. The summed E-state index contributed by atoms with van der Waals surface area (Å²) in [5.41, 5.74) is 2.51. The van der Waals surface area contributed by atoms with Gasteiger partial charge in [0.25, 0.3) is 0 Å². The first kappa shape index (κ1) is 21.0. The summed E-state index contributed by atoms with van der Waals surface area (Å²) in [6.07, 6.45) is 3.31. The third kappa shape index (κ3) is 4.58. The lowest BCUT2D eigenvalue weighted by Gasteiger charge is -2.19. The largest absolute Gasteiger partial charge is 0.457 e. The Morgan fingerprint density at radius 2 is 1.42 bits per heavy atom. The lowest BCUT2D eigenvalue weighted by Crippen LogP contribution is -2.33. The Labute approximate surface area is 181 Å². The fourth-order valence-corrected chi connectivity index (χ4v) is 4.44. The number of rotatable bonds is 7. The molecular formula is C25H25NO5. The molecule has 2 fully saturated rings. The van der Waals surface area contributed by atoms with Crippen molar-refractivity contribution in [3.8, 4) is 11.1 Å². The van der Waals surface area contributed by atoms with Crippen LogP contribution >= 0.6 is 0 Å². The van der Waals surface area contributed by atoms with E-state index in [1.54, 1.807) is 12.1 Å². The molecule has 1 saturated carbocycles. The Hall–Kier alpha value is -3.28. The van der Waals surface area contributed by atoms with Crippen molar-refractivity contribution in [1.29, 1.82) is 0 Å². The first-order chi connectivity index (χ1) is 15.0. The van der Waals surface area contributed by atoms with E-state index in [0.29, 0.717) is 5.56 Å². The van der Waals surface area contributed by atoms with Gasteiger partial charge < -0.3 is 4.74 Å². The Morgan fingerprint density at radius 3 is 2.03 bits per heavy atom. The molecule has 0 bridgehead atoms. The Bertz CT molecular complexity index is 959. The van der Waals surface area contributed by atoms with Crippen LogP contribution in [0.2, 0.25) is 0 Å². The zero-order chi connectivity index (χ0) is 21.8. The number of ketones is 1. The molecule has 2 amide bonds. The molecule has 4 rings (SSSR count). The van der Waals surface area contributed by atoms with E-state index in [1.807, 2.05) is 42.5 Å². The van der Waals surface area contributed by atoms with Gasteiger partial charge in [0.05, 0.1) is 18.3 Å². The number of Topliss-reactive ketones (excluding diaryl/α,β-unsaturated/α-hetero) is 1. The number of amides is 2. The van der Waals surface area contributed by atoms with Crippen molar-refractivity contribution in [3.05, 3.63) is 60.2 Å². The van der Waals surface area contributed by atoms with Gasteiger partial charge in [0.2, 0.25) is 11.8 Å². The Kier molecular flexibility index (Phi) is 6.26. The van der Waals surface area contributed by atoms with Crippen LogP contribution in [0.4, 0.5) is 0 Å². The van der Waals surface area contributed by atoms with Crippen molar-refractivity contribution < 1.29 is 23.9 Å². The number of esters is 1. The van der Waals surface area contributed by atoms with Crippen LogP contribution in [0, 0.1) is 11.8 Å². The molecule has 2 atom stereocenters. The van der Waals surface area contributed by atoms with Crippen LogP contribution in [0.5, 0.6) is 0 Å². The van der Waals surface area contributed by atoms with Gasteiger partial charge in [0.1, 0.15) is 0 Å². The molecule has 0 aromatic heterocycles. The third-order valence-electron chi connectivity index (χ3n) is 6.15. The highest BCUT2D eigenvalue weighted by Gasteiger charge is 2.47. The number of hydrogen-bond acceptors (Lipinski definition) is 5. The summed E-state index contributed by atoms with van der Waals surface area (Å²) < 4.78 is 5.08. The molecule has 0 N–H and O–H groups in total. The normalized spacial score (nSPS) is 20.5. The Balaban J connectivity index is 1.26. The summed E-state index contributed by atoms with van der Waals surface area (Å²) in [6, 6.07) is 17.0. The summed E-state index contributed by atoms with van der Waals surface area (Å²) in [5.74, 6) is -1.68. The highest BCUT2D eigenvalue weighted by atomic mass is 16.5. The number of likely N-dealkylation sites (tertiary alicyclic amines) is 1. The summed E-state index contributed by atoms with van der Waals surface area (Å²) in [5, 5.41) is 0. The van der Waals surface area contributed by atoms with Crippen LogP contribution in [0.25, 0.3) is 11.1 Å². The van der Waals surface area contributed by atoms with E-state index in [4.69, 9.17) is 4.74 Å². The maximum atomic E-state index is 12.4. The predicted octanol–water partition coefficient (Wildman–Crippen LogP) is 3.64. The summed E-state index contributed by atoms with van der Waals surface area (Å²) in [6.45, 7) is -0.347. The molecule has 0 unspecified atom stereocenters. The zero-order valence-electron chi connectivity index (χ0n) is 17.3. The van der Waals surface area contributed by atoms with Crippen LogP contribution in [0.3, 0.4) is 0 Å². The molecule has 2 aromatic carbocycles. The van der Waals surface area contributed by atoms with Crippen molar-refractivity contribution in [1.82, 2.24) is 4.90 Å². The van der Waals surface area contributed by atoms with Gasteiger partial charge in [-0.05, 0) is 24.0 Å². The lowest BCUT2D eigenvalue weighted by atomic mass is 9.81. The number of nitrogens with zero attached hydrogens (tertiary/aromatic N) is 1. The van der Waals surface area contributed by atoms with E-state index in [9.17, 15) is 19.2 Å². The molecule has 2 aromatic rings. The minimum absolute atomic E-state index is 0.0173. The second-order valence-corrected chi connectivity index (χ2v) is 8.10. The summed E-state index contributed by atoms with van der Waals surface area (Å²) in [7, 11) is 0. The van der Waals surface area contributed by atoms with E-state index >= 15 is 0 Å². The number of ether oxygens (including phenoxy) is 1. The van der Waals surface area contributed by atoms with E-state index in [1.165, 1.54) is 4.90 Å². The van der Waals surface area contributed by atoms with Crippen LogP contribution in [0.1, 0.15) is 42.5 Å². The van der Waals surface area contributed by atoms with Crippen LogP contribution in [-0.4, -0.2) is 41.6 Å². The van der Waals surface area contributed by atoms with Crippen LogP contribution in [-0.2, 0) is 19.1 Å². The van der Waals surface area contributed by atoms with Gasteiger partial charge in [-0.2, -0.15) is 0 Å². The fourth-order valence-electron chi connectivity index (χ4n) is 4.44. The zero-order valence-corrected chi connectivity index (χ0v) is 17.3. The SMILES string of the molecule is O=C(CCN1C(=O)[C@H]2CCCC[C@@H]2C1=O)OCC(=O)c1ccc(-c2ccccc2)cc1. The summed E-state index contributed by atoms with van der Waals surface area (Å²) >= 11 is 0. The number of carbonyl (C=O) groups excluding carboxylic acids is 4. The van der Waals surface area contributed by atoms with Gasteiger partial charge in [0, 0.05) is 12.1 Å². The van der Waals surface area contributed by atoms with Crippen LogP contribution in [0.15, 0.2) is 54.6 Å². The molecule has 1 aliphatic heterocycles. The van der Waals surface area contributed by atoms with Gasteiger partial charge in [-0.3, -0.25) is 24.1 Å². The molecular weight excluding hydrogens is 394 g/mol. The highest BCUT2D eigenvalue weighted by molar-refractivity contribution is 6.05. The molecule has 6 nitrogen and oxygen atoms in total. The highest BCUT2D eigenvalue weighted by Crippen LogP contribution is 2.38. The second kappa shape index (κ2) is 9.25. The smallest absolute Gasteiger partial charge is 0.308 e. The molecule has 1 heterocycles. The average molecular weight is 419 g/mol. The third-order valence-corrected chi connectivity index (χ3v) is 6.15. The minimum atomic E-state index is -0.593. The van der Waals surface area contributed by atoms with Gasteiger partial charge in [-0.15, -0.1) is 0 Å². The number of fused-ring (bicyclic) bond motifs is 1. The van der Waals surface area contributed by atoms with E-state index < -0.39 is 5.97 Å². The van der Waals surface area contributed by atoms with Crippen molar-refractivity contribution in [2.24, 2.45) is 11.8 Å². The molecule has 31 heavy (non-hydrogen) atoms. The number of imide groups is 1. The van der Waals surface area contributed by atoms with Crippen molar-refractivity contribution in [2.75, 3.05) is 13.2 Å². The molecule has 0 radical (unpaired) electrons. The maximum absolute atomic E-state index is 12.4.